The van der Waals surface area contributed by atoms with Crippen molar-refractivity contribution in [3.8, 4) is 0 Å². The monoisotopic (exact) mass is 311 g/mol. The molecule has 0 fully saturated rings. The molecule has 0 aliphatic carbocycles. The maximum absolute atomic E-state index is 11.1. The number of carboxylic acid groups (broad SMARTS) is 1. The third-order valence-electron chi connectivity index (χ3n) is 3.72. The number of hydrogen-bond acceptors (Lipinski definition) is 2. The van der Waals surface area contributed by atoms with Gasteiger partial charge in [-0.25, -0.2) is 0 Å². The summed E-state index contributed by atoms with van der Waals surface area (Å²) in [4.78, 5) is 13.0. The van der Waals surface area contributed by atoms with Gasteiger partial charge in [-0.2, -0.15) is 0 Å². The molecule has 0 heterocycles. The van der Waals surface area contributed by atoms with Crippen molar-refractivity contribution in [1.82, 2.24) is 0 Å². The zero-order chi connectivity index (χ0) is 15.7. The van der Waals surface area contributed by atoms with Gasteiger partial charge in [-0.15, -0.1) is 0 Å². The van der Waals surface area contributed by atoms with E-state index in [1.807, 2.05) is 17.0 Å². The SMILES string of the molecule is CCCCCCCC(C)N(CC(=O)O)c1ccc(Cl)cc1. The molecule has 0 amide bonds. The van der Waals surface area contributed by atoms with Crippen molar-refractivity contribution in [3.63, 3.8) is 0 Å². The minimum absolute atomic E-state index is 0.0256. The summed E-state index contributed by atoms with van der Waals surface area (Å²) in [6.45, 7) is 4.33. The molecular weight excluding hydrogens is 286 g/mol. The van der Waals surface area contributed by atoms with Gasteiger partial charge in [0, 0.05) is 16.8 Å². The predicted molar refractivity (Wildman–Crippen MR) is 89.3 cm³/mol. The Kier molecular flexibility index (Phi) is 8.21. The number of aliphatic carboxylic acids is 1. The molecule has 1 unspecified atom stereocenters. The van der Waals surface area contributed by atoms with E-state index in [0.29, 0.717) is 5.02 Å². The number of anilines is 1. The molecule has 0 aliphatic heterocycles. The highest BCUT2D eigenvalue weighted by Gasteiger charge is 2.17. The van der Waals surface area contributed by atoms with Crippen molar-refractivity contribution in [3.05, 3.63) is 29.3 Å². The number of carboxylic acids is 1. The quantitative estimate of drug-likeness (QED) is 0.619. The highest BCUT2D eigenvalue weighted by atomic mass is 35.5. The number of hydrogen-bond donors (Lipinski definition) is 1. The highest BCUT2D eigenvalue weighted by Crippen LogP contribution is 2.22. The molecule has 1 aromatic rings. The molecular formula is C17H26ClNO2. The summed E-state index contributed by atoms with van der Waals surface area (Å²) < 4.78 is 0. The van der Waals surface area contributed by atoms with Crippen LogP contribution in [0.15, 0.2) is 24.3 Å². The number of nitrogens with zero attached hydrogens (tertiary/aromatic N) is 1. The van der Waals surface area contributed by atoms with Crippen molar-refractivity contribution in [2.75, 3.05) is 11.4 Å². The van der Waals surface area contributed by atoms with Gasteiger partial charge in [-0.3, -0.25) is 4.79 Å². The number of benzene rings is 1. The summed E-state index contributed by atoms with van der Waals surface area (Å²) in [6, 6.07) is 7.60. The Morgan fingerprint density at radius 3 is 2.38 bits per heavy atom. The maximum atomic E-state index is 11.1. The molecule has 21 heavy (non-hydrogen) atoms. The van der Waals surface area contributed by atoms with Crippen molar-refractivity contribution >= 4 is 23.3 Å². The molecule has 1 atom stereocenters. The molecule has 1 rings (SSSR count). The van der Waals surface area contributed by atoms with Crippen LogP contribution >= 0.6 is 11.6 Å². The Hall–Kier alpha value is -1.22. The van der Waals surface area contributed by atoms with E-state index in [-0.39, 0.29) is 12.6 Å². The zero-order valence-electron chi connectivity index (χ0n) is 13.0. The number of rotatable bonds is 10. The lowest BCUT2D eigenvalue weighted by atomic mass is 10.1. The summed E-state index contributed by atoms with van der Waals surface area (Å²) >= 11 is 5.90. The third kappa shape index (κ3) is 6.85. The van der Waals surface area contributed by atoms with Crippen LogP contribution in [-0.2, 0) is 4.79 Å². The normalized spacial score (nSPS) is 12.1. The van der Waals surface area contributed by atoms with Crippen LogP contribution in [0.25, 0.3) is 0 Å². The summed E-state index contributed by atoms with van der Waals surface area (Å²) in [6.07, 6.45) is 7.17. The highest BCUT2D eigenvalue weighted by molar-refractivity contribution is 6.30. The summed E-state index contributed by atoms with van der Waals surface area (Å²) in [5, 5.41) is 9.79. The number of carbonyl (C=O) groups is 1. The van der Waals surface area contributed by atoms with Crippen LogP contribution in [0.5, 0.6) is 0 Å². The molecule has 0 aliphatic rings. The van der Waals surface area contributed by atoms with Crippen molar-refractivity contribution in [2.24, 2.45) is 0 Å². The molecule has 0 saturated carbocycles. The first kappa shape index (κ1) is 17.8. The van der Waals surface area contributed by atoms with Crippen LogP contribution in [0.2, 0.25) is 5.02 Å². The predicted octanol–water partition coefficient (Wildman–Crippen LogP) is 4.98. The van der Waals surface area contributed by atoms with Crippen molar-refractivity contribution < 1.29 is 9.90 Å². The van der Waals surface area contributed by atoms with Crippen LogP contribution < -0.4 is 4.90 Å². The molecule has 4 heteroatoms. The van der Waals surface area contributed by atoms with Gasteiger partial charge in [0.05, 0.1) is 0 Å². The summed E-state index contributed by atoms with van der Waals surface area (Å²) in [7, 11) is 0. The third-order valence-corrected chi connectivity index (χ3v) is 3.97. The van der Waals surface area contributed by atoms with Crippen LogP contribution in [0.3, 0.4) is 0 Å². The largest absolute Gasteiger partial charge is 0.480 e. The first-order valence-electron chi connectivity index (χ1n) is 7.78. The molecule has 3 nitrogen and oxygen atoms in total. The first-order valence-corrected chi connectivity index (χ1v) is 8.16. The van der Waals surface area contributed by atoms with Gasteiger partial charge in [0.25, 0.3) is 0 Å². The molecule has 0 bridgehead atoms. The second kappa shape index (κ2) is 9.67. The van der Waals surface area contributed by atoms with E-state index in [9.17, 15) is 4.79 Å². The topological polar surface area (TPSA) is 40.5 Å². The van der Waals surface area contributed by atoms with E-state index in [2.05, 4.69) is 13.8 Å². The minimum atomic E-state index is -0.803. The fourth-order valence-electron chi connectivity index (χ4n) is 2.48. The average Bonchev–Trinajstić information content (AvgIpc) is 2.45. The fourth-order valence-corrected chi connectivity index (χ4v) is 2.61. The van der Waals surface area contributed by atoms with Crippen molar-refractivity contribution in [2.45, 2.75) is 58.4 Å². The van der Waals surface area contributed by atoms with Crippen LogP contribution in [0.1, 0.15) is 52.4 Å². The minimum Gasteiger partial charge on any atom is -0.480 e. The maximum Gasteiger partial charge on any atom is 0.323 e. The van der Waals surface area contributed by atoms with Crippen LogP contribution in [-0.4, -0.2) is 23.7 Å². The smallest absolute Gasteiger partial charge is 0.323 e. The van der Waals surface area contributed by atoms with E-state index in [4.69, 9.17) is 16.7 Å². The molecule has 1 N–H and O–H groups in total. The lowest BCUT2D eigenvalue weighted by Gasteiger charge is -2.30. The average molecular weight is 312 g/mol. The van der Waals surface area contributed by atoms with Gasteiger partial charge >= 0.3 is 5.97 Å². The molecule has 118 valence electrons. The Bertz CT molecular complexity index is 419. The first-order chi connectivity index (χ1) is 10.0. The second-order valence-electron chi connectivity index (χ2n) is 5.55. The van der Waals surface area contributed by atoms with E-state index >= 15 is 0 Å². The van der Waals surface area contributed by atoms with Crippen molar-refractivity contribution in [1.29, 1.82) is 0 Å². The van der Waals surface area contributed by atoms with Gasteiger partial charge in [0.2, 0.25) is 0 Å². The standard InChI is InChI=1S/C17H26ClNO2/c1-3-4-5-6-7-8-14(2)19(13-17(20)21)16-11-9-15(18)10-12-16/h9-12,14H,3-8,13H2,1-2H3,(H,20,21). The van der Waals surface area contributed by atoms with Gasteiger partial charge in [-0.1, -0.05) is 50.6 Å². The summed E-state index contributed by atoms with van der Waals surface area (Å²) in [5.41, 5.74) is 0.919. The number of unbranched alkanes of at least 4 members (excludes halogenated alkanes) is 4. The molecule has 0 spiro atoms. The number of halogens is 1. The van der Waals surface area contributed by atoms with E-state index in [0.717, 1.165) is 18.5 Å². The lowest BCUT2D eigenvalue weighted by molar-refractivity contribution is -0.135. The Morgan fingerprint density at radius 2 is 1.81 bits per heavy atom. The molecule has 0 saturated heterocycles. The Balaban J connectivity index is 2.59. The van der Waals surface area contributed by atoms with Crippen LogP contribution in [0, 0.1) is 0 Å². The van der Waals surface area contributed by atoms with Gasteiger partial charge in [0.15, 0.2) is 0 Å². The fraction of sp³-hybridized carbons (Fsp3) is 0.588. The van der Waals surface area contributed by atoms with Gasteiger partial charge in [0.1, 0.15) is 6.54 Å². The van der Waals surface area contributed by atoms with Crippen LogP contribution in [0.4, 0.5) is 5.69 Å². The zero-order valence-corrected chi connectivity index (χ0v) is 13.8. The molecule has 1 aromatic carbocycles. The molecule has 0 radical (unpaired) electrons. The van der Waals surface area contributed by atoms with Gasteiger partial charge in [-0.05, 0) is 37.6 Å². The Morgan fingerprint density at radius 1 is 1.19 bits per heavy atom. The summed E-state index contributed by atoms with van der Waals surface area (Å²) in [5.74, 6) is -0.803. The van der Waals surface area contributed by atoms with E-state index < -0.39 is 5.97 Å². The van der Waals surface area contributed by atoms with E-state index in [1.54, 1.807) is 12.1 Å². The molecule has 0 aromatic heterocycles. The lowest BCUT2D eigenvalue weighted by Crippen LogP contribution is -2.37. The van der Waals surface area contributed by atoms with E-state index in [1.165, 1.54) is 25.7 Å². The second-order valence-corrected chi connectivity index (χ2v) is 5.99. The van der Waals surface area contributed by atoms with Gasteiger partial charge < -0.3 is 10.0 Å². The Labute approximate surface area is 132 Å².